The summed E-state index contributed by atoms with van der Waals surface area (Å²) in [6.07, 6.45) is 10.0. The van der Waals surface area contributed by atoms with Crippen molar-refractivity contribution in [3.8, 4) is 0 Å². The maximum absolute atomic E-state index is 3.58. The molecule has 2 nitrogen and oxygen atoms in total. The van der Waals surface area contributed by atoms with E-state index < -0.39 is 0 Å². The molecule has 2 aliphatic rings. The van der Waals surface area contributed by atoms with Gasteiger partial charge >= 0.3 is 0 Å². The van der Waals surface area contributed by atoms with E-state index in [1.54, 1.807) is 0 Å². The van der Waals surface area contributed by atoms with Gasteiger partial charge < -0.3 is 5.32 Å². The van der Waals surface area contributed by atoms with Crippen LogP contribution in [0.5, 0.6) is 0 Å². The highest BCUT2D eigenvalue weighted by molar-refractivity contribution is 4.92. The Morgan fingerprint density at radius 1 is 1.06 bits per heavy atom. The molecule has 2 aliphatic carbocycles. The molecule has 0 spiro atoms. The third-order valence-corrected chi connectivity index (χ3v) is 5.06. The van der Waals surface area contributed by atoms with Gasteiger partial charge in [-0.25, -0.2) is 0 Å². The smallest absolute Gasteiger partial charge is 0.0251 e. The molecular formula is C16H32N2. The molecule has 18 heavy (non-hydrogen) atoms. The number of rotatable bonds is 7. The molecule has 0 saturated heterocycles. The molecule has 3 atom stereocenters. The van der Waals surface area contributed by atoms with Crippen molar-refractivity contribution >= 4 is 0 Å². The van der Waals surface area contributed by atoms with Crippen molar-refractivity contribution in [3.63, 3.8) is 0 Å². The molecule has 0 aromatic carbocycles. The lowest BCUT2D eigenvalue weighted by molar-refractivity contribution is 0.0971. The SMILES string of the molecule is CCCC1CCC(NC)C(N(CC)CC2CC2)C1. The van der Waals surface area contributed by atoms with Gasteiger partial charge in [0.05, 0.1) is 0 Å². The van der Waals surface area contributed by atoms with Crippen molar-refractivity contribution in [1.82, 2.24) is 10.2 Å². The molecule has 0 amide bonds. The van der Waals surface area contributed by atoms with E-state index in [0.717, 1.165) is 23.9 Å². The van der Waals surface area contributed by atoms with E-state index in [0.29, 0.717) is 0 Å². The molecule has 2 heteroatoms. The standard InChI is InChI=1S/C16H32N2/c1-4-6-13-9-10-15(17-3)16(11-13)18(5-2)12-14-7-8-14/h13-17H,4-12H2,1-3H3. The predicted molar refractivity (Wildman–Crippen MR) is 78.9 cm³/mol. The Morgan fingerprint density at radius 3 is 2.33 bits per heavy atom. The van der Waals surface area contributed by atoms with Gasteiger partial charge in [0.1, 0.15) is 0 Å². The Balaban J connectivity index is 1.93. The van der Waals surface area contributed by atoms with E-state index in [9.17, 15) is 0 Å². The maximum Gasteiger partial charge on any atom is 0.0251 e. The van der Waals surface area contributed by atoms with Crippen molar-refractivity contribution in [3.05, 3.63) is 0 Å². The lowest BCUT2D eigenvalue weighted by atomic mass is 9.79. The second-order valence-electron chi connectivity index (χ2n) is 6.46. The Kier molecular flexibility index (Phi) is 5.50. The van der Waals surface area contributed by atoms with Crippen LogP contribution in [0, 0.1) is 11.8 Å². The summed E-state index contributed by atoms with van der Waals surface area (Å²) in [5, 5.41) is 3.58. The van der Waals surface area contributed by atoms with E-state index in [1.165, 1.54) is 58.0 Å². The molecule has 106 valence electrons. The number of likely N-dealkylation sites (N-methyl/N-ethyl adjacent to an activating group) is 2. The van der Waals surface area contributed by atoms with Crippen LogP contribution in [0.1, 0.15) is 58.8 Å². The molecule has 2 fully saturated rings. The summed E-state index contributed by atoms with van der Waals surface area (Å²) in [5.74, 6) is 2.01. The van der Waals surface area contributed by atoms with E-state index in [1.807, 2.05) is 0 Å². The van der Waals surface area contributed by atoms with Crippen molar-refractivity contribution in [2.24, 2.45) is 11.8 Å². The van der Waals surface area contributed by atoms with Crippen LogP contribution in [0.25, 0.3) is 0 Å². The van der Waals surface area contributed by atoms with Crippen LogP contribution in [0.4, 0.5) is 0 Å². The Labute approximate surface area is 114 Å². The first kappa shape index (κ1) is 14.3. The molecule has 3 unspecified atom stereocenters. The van der Waals surface area contributed by atoms with Crippen molar-refractivity contribution in [1.29, 1.82) is 0 Å². The summed E-state index contributed by atoms with van der Waals surface area (Å²) in [6.45, 7) is 7.27. The molecule has 1 N–H and O–H groups in total. The van der Waals surface area contributed by atoms with Crippen LogP contribution < -0.4 is 5.32 Å². The number of nitrogens with zero attached hydrogens (tertiary/aromatic N) is 1. The lowest BCUT2D eigenvalue weighted by Crippen LogP contribution is -2.52. The fourth-order valence-electron chi connectivity index (χ4n) is 3.77. The van der Waals surface area contributed by atoms with Crippen LogP contribution in [-0.2, 0) is 0 Å². The van der Waals surface area contributed by atoms with E-state index in [4.69, 9.17) is 0 Å². The van der Waals surface area contributed by atoms with Gasteiger partial charge in [-0.3, -0.25) is 4.90 Å². The van der Waals surface area contributed by atoms with E-state index in [2.05, 4.69) is 31.1 Å². The van der Waals surface area contributed by atoms with Crippen molar-refractivity contribution in [2.45, 2.75) is 70.9 Å². The fourth-order valence-corrected chi connectivity index (χ4v) is 3.77. The van der Waals surface area contributed by atoms with Gasteiger partial charge in [-0.15, -0.1) is 0 Å². The quantitative estimate of drug-likeness (QED) is 0.748. The summed E-state index contributed by atoms with van der Waals surface area (Å²) < 4.78 is 0. The summed E-state index contributed by atoms with van der Waals surface area (Å²) in [5.41, 5.74) is 0. The van der Waals surface area contributed by atoms with Crippen LogP contribution in [-0.4, -0.2) is 37.1 Å². The minimum Gasteiger partial charge on any atom is -0.315 e. The molecule has 0 bridgehead atoms. The molecule has 2 saturated carbocycles. The van der Waals surface area contributed by atoms with E-state index in [-0.39, 0.29) is 0 Å². The van der Waals surface area contributed by atoms with Crippen LogP contribution >= 0.6 is 0 Å². The first-order valence-corrected chi connectivity index (χ1v) is 8.19. The van der Waals surface area contributed by atoms with E-state index >= 15 is 0 Å². The number of hydrogen-bond donors (Lipinski definition) is 1. The first-order valence-electron chi connectivity index (χ1n) is 8.19. The van der Waals surface area contributed by atoms with Gasteiger partial charge in [0, 0.05) is 18.6 Å². The fraction of sp³-hybridized carbons (Fsp3) is 1.00. The van der Waals surface area contributed by atoms with Gasteiger partial charge in [0.25, 0.3) is 0 Å². The zero-order chi connectivity index (χ0) is 13.0. The van der Waals surface area contributed by atoms with Crippen LogP contribution in [0.15, 0.2) is 0 Å². The molecule has 0 heterocycles. The van der Waals surface area contributed by atoms with Crippen molar-refractivity contribution in [2.75, 3.05) is 20.1 Å². The highest BCUT2D eigenvalue weighted by Crippen LogP contribution is 2.35. The molecule has 0 radical (unpaired) electrons. The topological polar surface area (TPSA) is 15.3 Å². The second-order valence-corrected chi connectivity index (χ2v) is 6.46. The van der Waals surface area contributed by atoms with Crippen LogP contribution in [0.3, 0.4) is 0 Å². The molecule has 0 aromatic heterocycles. The maximum atomic E-state index is 3.58. The second kappa shape index (κ2) is 6.91. The molecule has 0 aromatic rings. The zero-order valence-corrected chi connectivity index (χ0v) is 12.6. The van der Waals surface area contributed by atoms with Gasteiger partial charge in [0.15, 0.2) is 0 Å². The Bertz CT molecular complexity index is 237. The zero-order valence-electron chi connectivity index (χ0n) is 12.6. The highest BCUT2D eigenvalue weighted by Gasteiger charge is 2.35. The molecular weight excluding hydrogens is 220 g/mol. The summed E-state index contributed by atoms with van der Waals surface area (Å²) in [6, 6.07) is 1.53. The summed E-state index contributed by atoms with van der Waals surface area (Å²) >= 11 is 0. The third kappa shape index (κ3) is 3.71. The van der Waals surface area contributed by atoms with Gasteiger partial charge in [-0.1, -0.05) is 26.7 Å². The largest absolute Gasteiger partial charge is 0.315 e. The normalized spacial score (nSPS) is 33.0. The first-order chi connectivity index (χ1) is 8.78. The van der Waals surface area contributed by atoms with Gasteiger partial charge in [-0.05, 0) is 57.5 Å². The number of hydrogen-bond acceptors (Lipinski definition) is 2. The molecule has 0 aliphatic heterocycles. The minimum atomic E-state index is 0.733. The summed E-state index contributed by atoms with van der Waals surface area (Å²) in [7, 11) is 2.16. The molecule has 2 rings (SSSR count). The average molecular weight is 252 g/mol. The summed E-state index contributed by atoms with van der Waals surface area (Å²) in [4.78, 5) is 2.78. The van der Waals surface area contributed by atoms with Gasteiger partial charge in [0.2, 0.25) is 0 Å². The monoisotopic (exact) mass is 252 g/mol. The Hall–Kier alpha value is -0.0800. The highest BCUT2D eigenvalue weighted by atomic mass is 15.2. The minimum absolute atomic E-state index is 0.733. The van der Waals surface area contributed by atoms with Crippen LogP contribution in [0.2, 0.25) is 0 Å². The average Bonchev–Trinajstić information content (AvgIpc) is 3.20. The van der Waals surface area contributed by atoms with Crippen molar-refractivity contribution < 1.29 is 0 Å². The lowest BCUT2D eigenvalue weighted by Gasteiger charge is -2.42. The third-order valence-electron chi connectivity index (χ3n) is 5.06. The predicted octanol–water partition coefficient (Wildman–Crippen LogP) is 3.28. The van der Waals surface area contributed by atoms with Gasteiger partial charge in [-0.2, -0.15) is 0 Å². The number of nitrogens with one attached hydrogen (secondary N) is 1. The Morgan fingerprint density at radius 2 is 1.78 bits per heavy atom.